The third-order valence-corrected chi connectivity index (χ3v) is 6.46. The molecule has 0 nitrogen and oxygen atoms in total. The van der Waals surface area contributed by atoms with Gasteiger partial charge in [0.15, 0.2) is 0 Å². The zero-order chi connectivity index (χ0) is 19.1. The van der Waals surface area contributed by atoms with Crippen molar-refractivity contribution in [1.82, 2.24) is 0 Å². The normalized spacial score (nSPS) is 12.3. The summed E-state index contributed by atoms with van der Waals surface area (Å²) < 4.78 is 0. The molecule has 3 aromatic carbocycles. The SMILES string of the molecule is CC(C)(C)P(C#Cc1ccccc1)C(=[C-]c1ccccc1)c1[c-]cccc1.[Zr+2]. The van der Waals surface area contributed by atoms with Crippen LogP contribution in [-0.2, 0) is 26.2 Å². The van der Waals surface area contributed by atoms with Crippen LogP contribution in [-0.4, -0.2) is 5.16 Å². The average molecular weight is 458 g/mol. The topological polar surface area (TPSA) is 0 Å². The van der Waals surface area contributed by atoms with E-state index < -0.39 is 7.92 Å². The van der Waals surface area contributed by atoms with Crippen molar-refractivity contribution in [3.8, 4) is 11.6 Å². The minimum absolute atomic E-state index is 0. The number of hydrogen-bond acceptors (Lipinski definition) is 0. The molecule has 2 heteroatoms. The summed E-state index contributed by atoms with van der Waals surface area (Å²) in [6.07, 6.45) is 3.65. The zero-order valence-electron chi connectivity index (χ0n) is 16.5. The molecule has 136 valence electrons. The molecule has 0 aliphatic rings. The second-order valence-corrected chi connectivity index (χ2v) is 9.91. The van der Waals surface area contributed by atoms with Crippen molar-refractivity contribution in [1.29, 1.82) is 0 Å². The van der Waals surface area contributed by atoms with Gasteiger partial charge in [-0.05, 0) is 17.3 Å². The van der Waals surface area contributed by atoms with Crippen molar-refractivity contribution in [3.05, 3.63) is 114 Å². The van der Waals surface area contributed by atoms with Crippen molar-refractivity contribution < 1.29 is 26.2 Å². The Labute approximate surface area is 190 Å². The number of hydrogen-bond donors (Lipinski definition) is 0. The first-order chi connectivity index (χ1) is 13.0. The Morgan fingerprint density at radius 2 is 1.46 bits per heavy atom. The zero-order valence-corrected chi connectivity index (χ0v) is 19.9. The fourth-order valence-electron chi connectivity index (χ4n) is 2.64. The Kier molecular flexibility index (Phi) is 8.64. The molecule has 3 aromatic rings. The molecule has 0 saturated heterocycles. The third kappa shape index (κ3) is 6.41. The molecule has 0 bridgehead atoms. The van der Waals surface area contributed by atoms with Gasteiger partial charge in [-0.15, -0.1) is 30.3 Å². The van der Waals surface area contributed by atoms with Gasteiger partial charge in [0.1, 0.15) is 0 Å². The molecule has 0 radical (unpaired) electrons. The minimum atomic E-state index is -0.776. The molecule has 0 spiro atoms. The summed E-state index contributed by atoms with van der Waals surface area (Å²) in [4.78, 5) is 0. The van der Waals surface area contributed by atoms with Crippen LogP contribution in [0.25, 0.3) is 5.31 Å². The second kappa shape index (κ2) is 10.7. The molecule has 0 N–H and O–H groups in total. The van der Waals surface area contributed by atoms with Gasteiger partial charge in [-0.1, -0.05) is 64.5 Å². The monoisotopic (exact) mass is 456 g/mol. The summed E-state index contributed by atoms with van der Waals surface area (Å²) in [5, 5.41) is 1.17. The van der Waals surface area contributed by atoms with Crippen LogP contribution in [0.15, 0.2) is 84.9 Å². The van der Waals surface area contributed by atoms with E-state index in [1.807, 2.05) is 48.5 Å². The minimum Gasteiger partial charge on any atom is -0.216 e. The Bertz CT molecular complexity index is 943. The predicted octanol–water partition coefficient (Wildman–Crippen LogP) is 6.97. The Morgan fingerprint density at radius 1 is 0.857 bits per heavy atom. The molecule has 1 atom stereocenters. The van der Waals surface area contributed by atoms with Crippen LogP contribution in [0.5, 0.6) is 0 Å². The van der Waals surface area contributed by atoms with E-state index in [1.54, 1.807) is 0 Å². The van der Waals surface area contributed by atoms with Gasteiger partial charge in [-0.2, -0.15) is 41.2 Å². The maximum atomic E-state index is 3.65. The fraction of sp³-hybridized carbons (Fsp3) is 0.154. The molecular weight excluding hydrogens is 434 g/mol. The van der Waals surface area contributed by atoms with E-state index in [-0.39, 0.29) is 31.4 Å². The molecule has 0 aliphatic carbocycles. The molecule has 1 unspecified atom stereocenters. The quantitative estimate of drug-likeness (QED) is 0.172. The van der Waals surface area contributed by atoms with Gasteiger partial charge < -0.3 is 0 Å². The first-order valence-electron chi connectivity index (χ1n) is 9.07. The number of rotatable bonds is 3. The van der Waals surface area contributed by atoms with E-state index >= 15 is 0 Å². The van der Waals surface area contributed by atoms with Gasteiger partial charge in [-0.3, -0.25) is 0 Å². The van der Waals surface area contributed by atoms with Gasteiger partial charge in [0.2, 0.25) is 0 Å². The van der Waals surface area contributed by atoms with Crippen molar-refractivity contribution in [2.75, 3.05) is 0 Å². The van der Waals surface area contributed by atoms with Crippen LogP contribution in [0.2, 0.25) is 0 Å². The van der Waals surface area contributed by atoms with Crippen LogP contribution < -0.4 is 0 Å². The van der Waals surface area contributed by atoms with E-state index in [1.165, 1.54) is 0 Å². The van der Waals surface area contributed by atoms with E-state index in [9.17, 15) is 0 Å². The first kappa shape index (κ1) is 22.6. The Hall–Kier alpha value is -1.73. The van der Waals surface area contributed by atoms with E-state index in [0.29, 0.717) is 0 Å². The molecule has 0 saturated carbocycles. The van der Waals surface area contributed by atoms with E-state index in [0.717, 1.165) is 22.0 Å². The van der Waals surface area contributed by atoms with Crippen molar-refractivity contribution in [2.24, 2.45) is 0 Å². The maximum Gasteiger partial charge on any atom is 2.00 e. The smallest absolute Gasteiger partial charge is 0.216 e. The molecule has 0 aliphatic heterocycles. The number of benzene rings is 3. The van der Waals surface area contributed by atoms with Gasteiger partial charge in [0.05, 0.1) is 0 Å². The standard InChI is InChI=1S/C26H23P.Zr/c1-26(2,3)27(20-19-22-13-7-4-8-14-22)25(24-17-11-6-12-18-24)21-23-15-9-5-10-16-23;/h4-17H,1-3H3;/q-2;+2. The summed E-state index contributed by atoms with van der Waals surface area (Å²) in [6.45, 7) is 6.77. The van der Waals surface area contributed by atoms with Gasteiger partial charge in [-0.25, -0.2) is 5.56 Å². The van der Waals surface area contributed by atoms with Crippen molar-refractivity contribution in [2.45, 2.75) is 25.9 Å². The summed E-state index contributed by atoms with van der Waals surface area (Å²) in [5.74, 6) is 3.39. The van der Waals surface area contributed by atoms with Crippen molar-refractivity contribution >= 4 is 13.2 Å². The summed E-state index contributed by atoms with van der Waals surface area (Å²) in [6, 6.07) is 32.0. The van der Waals surface area contributed by atoms with Crippen LogP contribution >= 0.6 is 7.92 Å². The van der Waals surface area contributed by atoms with Crippen LogP contribution in [0.1, 0.15) is 37.5 Å². The van der Waals surface area contributed by atoms with E-state index in [2.05, 4.69) is 80.9 Å². The predicted molar refractivity (Wildman–Crippen MR) is 117 cm³/mol. The molecule has 0 fully saturated rings. The van der Waals surface area contributed by atoms with E-state index in [4.69, 9.17) is 0 Å². The Balaban J connectivity index is 0.00000280. The summed E-state index contributed by atoms with van der Waals surface area (Å²) in [7, 11) is -0.776. The van der Waals surface area contributed by atoms with Gasteiger partial charge in [0, 0.05) is 5.56 Å². The largest absolute Gasteiger partial charge is 2.00 e. The molecule has 0 aromatic heterocycles. The van der Waals surface area contributed by atoms with Crippen LogP contribution in [0.4, 0.5) is 0 Å². The molecule has 0 heterocycles. The average Bonchev–Trinajstić information content (AvgIpc) is 2.68. The molecule has 3 rings (SSSR count). The molecular formula is C26H23PZr. The fourth-order valence-corrected chi connectivity index (χ4v) is 4.62. The van der Waals surface area contributed by atoms with Crippen LogP contribution in [0, 0.1) is 23.7 Å². The summed E-state index contributed by atoms with van der Waals surface area (Å²) in [5.41, 5.74) is 6.78. The van der Waals surface area contributed by atoms with Gasteiger partial charge >= 0.3 is 26.2 Å². The maximum absolute atomic E-state index is 3.65. The first-order valence-corrected chi connectivity index (χ1v) is 10.4. The molecule has 0 amide bonds. The van der Waals surface area contributed by atoms with Crippen LogP contribution in [0.3, 0.4) is 0 Å². The third-order valence-electron chi connectivity index (χ3n) is 3.98. The Morgan fingerprint density at radius 3 is 2.04 bits per heavy atom. The molecule has 28 heavy (non-hydrogen) atoms. The van der Waals surface area contributed by atoms with Crippen molar-refractivity contribution in [3.63, 3.8) is 0 Å². The second-order valence-electron chi connectivity index (χ2n) is 7.22. The summed E-state index contributed by atoms with van der Waals surface area (Å²) >= 11 is 0. The van der Waals surface area contributed by atoms with Gasteiger partial charge in [0.25, 0.3) is 0 Å².